The van der Waals surface area contributed by atoms with Crippen molar-refractivity contribution in [1.82, 2.24) is 9.97 Å². The first-order valence-electron chi connectivity index (χ1n) is 4.90. The molecule has 0 saturated carbocycles. The van der Waals surface area contributed by atoms with Crippen LogP contribution in [0.25, 0.3) is 10.9 Å². The van der Waals surface area contributed by atoms with Gasteiger partial charge in [0.2, 0.25) is 0 Å². The molecule has 0 aliphatic rings. The molecule has 0 spiro atoms. The maximum atomic E-state index is 12.5. The lowest BCUT2D eigenvalue weighted by atomic mass is 10.1. The van der Waals surface area contributed by atoms with Gasteiger partial charge in [0.1, 0.15) is 6.33 Å². The lowest BCUT2D eigenvalue weighted by molar-refractivity contribution is -0.138. The molecule has 0 amide bonds. The van der Waals surface area contributed by atoms with Crippen molar-refractivity contribution in [2.75, 3.05) is 0 Å². The Hall–Kier alpha value is -2.18. The number of hydrogen-bond acceptors (Lipinski definition) is 3. The van der Waals surface area contributed by atoms with Crippen LogP contribution >= 0.6 is 0 Å². The molecule has 0 saturated heterocycles. The summed E-state index contributed by atoms with van der Waals surface area (Å²) in [5.41, 5.74) is -0.549. The van der Waals surface area contributed by atoms with E-state index in [0.29, 0.717) is 5.39 Å². The van der Waals surface area contributed by atoms with Crippen molar-refractivity contribution < 1.29 is 23.1 Å². The standard InChI is InChI=1S/C11H7F3N2O2/c12-11(13,14)6-1-2-7-8(3-6)15-5-16-9(7)4-10(17)18/h1-3,5H,4H2,(H,17,18). The Morgan fingerprint density at radius 2 is 2.00 bits per heavy atom. The number of halogens is 3. The Labute approximate surface area is 99.1 Å². The van der Waals surface area contributed by atoms with Crippen molar-refractivity contribution in [3.8, 4) is 0 Å². The van der Waals surface area contributed by atoms with Crippen LogP contribution in [0.5, 0.6) is 0 Å². The Bertz CT molecular complexity index is 611. The third-order valence-corrected chi connectivity index (χ3v) is 2.37. The highest BCUT2D eigenvalue weighted by atomic mass is 19.4. The monoisotopic (exact) mass is 256 g/mol. The zero-order chi connectivity index (χ0) is 13.3. The first-order chi connectivity index (χ1) is 8.38. The molecule has 0 unspecified atom stereocenters. The number of nitrogens with zero attached hydrogens (tertiary/aromatic N) is 2. The lowest BCUT2D eigenvalue weighted by Gasteiger charge is -2.08. The summed E-state index contributed by atoms with van der Waals surface area (Å²) in [7, 11) is 0. The number of aliphatic carboxylic acids is 1. The van der Waals surface area contributed by atoms with Gasteiger partial charge in [0.05, 0.1) is 23.2 Å². The van der Waals surface area contributed by atoms with Crippen LogP contribution in [0.1, 0.15) is 11.3 Å². The number of carboxylic acid groups (broad SMARTS) is 1. The van der Waals surface area contributed by atoms with Crippen molar-refractivity contribution in [3.63, 3.8) is 0 Å². The maximum absolute atomic E-state index is 12.5. The van der Waals surface area contributed by atoms with E-state index in [1.54, 1.807) is 0 Å². The van der Waals surface area contributed by atoms with Crippen LogP contribution < -0.4 is 0 Å². The van der Waals surface area contributed by atoms with Gasteiger partial charge < -0.3 is 5.11 Å². The van der Waals surface area contributed by atoms with E-state index in [1.165, 1.54) is 6.07 Å². The number of carboxylic acids is 1. The highest BCUT2D eigenvalue weighted by molar-refractivity contribution is 5.85. The average molecular weight is 256 g/mol. The Balaban J connectivity index is 2.57. The van der Waals surface area contributed by atoms with Gasteiger partial charge in [0.15, 0.2) is 0 Å². The van der Waals surface area contributed by atoms with Gasteiger partial charge in [-0.05, 0) is 12.1 Å². The van der Waals surface area contributed by atoms with Crippen LogP contribution in [0.15, 0.2) is 24.5 Å². The van der Waals surface area contributed by atoms with Gasteiger partial charge in [-0.3, -0.25) is 4.79 Å². The number of hydrogen-bond donors (Lipinski definition) is 1. The van der Waals surface area contributed by atoms with E-state index < -0.39 is 17.7 Å². The summed E-state index contributed by atoms with van der Waals surface area (Å²) in [5.74, 6) is -1.10. The summed E-state index contributed by atoms with van der Waals surface area (Å²) >= 11 is 0. The predicted molar refractivity (Wildman–Crippen MR) is 55.9 cm³/mol. The van der Waals surface area contributed by atoms with E-state index in [1.807, 2.05) is 0 Å². The van der Waals surface area contributed by atoms with E-state index in [-0.39, 0.29) is 17.6 Å². The summed E-state index contributed by atoms with van der Waals surface area (Å²) in [6.07, 6.45) is -3.75. The van der Waals surface area contributed by atoms with E-state index >= 15 is 0 Å². The van der Waals surface area contributed by atoms with Gasteiger partial charge in [-0.1, -0.05) is 6.07 Å². The van der Waals surface area contributed by atoms with E-state index in [0.717, 1.165) is 18.5 Å². The molecule has 0 fully saturated rings. The average Bonchev–Trinajstić information content (AvgIpc) is 2.27. The molecule has 7 heteroatoms. The molecule has 1 aromatic heterocycles. The molecule has 94 valence electrons. The van der Waals surface area contributed by atoms with Gasteiger partial charge in [0, 0.05) is 5.39 Å². The van der Waals surface area contributed by atoms with Crippen LogP contribution in [-0.4, -0.2) is 21.0 Å². The molecule has 2 rings (SSSR count). The molecule has 4 nitrogen and oxygen atoms in total. The fourth-order valence-electron chi connectivity index (χ4n) is 1.57. The Morgan fingerprint density at radius 1 is 1.28 bits per heavy atom. The fraction of sp³-hybridized carbons (Fsp3) is 0.182. The smallest absolute Gasteiger partial charge is 0.416 e. The number of alkyl halides is 3. The molecule has 0 aliphatic carbocycles. The fourth-order valence-corrected chi connectivity index (χ4v) is 1.57. The summed E-state index contributed by atoms with van der Waals surface area (Å²) in [6.45, 7) is 0. The normalized spacial score (nSPS) is 11.7. The second-order valence-electron chi connectivity index (χ2n) is 3.62. The Morgan fingerprint density at radius 3 is 2.61 bits per heavy atom. The second kappa shape index (κ2) is 4.25. The van der Waals surface area contributed by atoms with Crippen molar-refractivity contribution >= 4 is 16.9 Å². The molecule has 0 bridgehead atoms. The zero-order valence-corrected chi connectivity index (χ0v) is 8.90. The number of aromatic nitrogens is 2. The van der Waals surface area contributed by atoms with Crippen LogP contribution in [0.4, 0.5) is 13.2 Å². The van der Waals surface area contributed by atoms with E-state index in [9.17, 15) is 18.0 Å². The minimum absolute atomic E-state index is 0.0797. The number of carbonyl (C=O) groups is 1. The largest absolute Gasteiger partial charge is 0.481 e. The molecule has 0 radical (unpaired) electrons. The molecular weight excluding hydrogens is 249 g/mol. The van der Waals surface area contributed by atoms with Crippen LogP contribution in [0.2, 0.25) is 0 Å². The SMILES string of the molecule is O=C(O)Cc1ncnc2cc(C(F)(F)F)ccc12. The van der Waals surface area contributed by atoms with Gasteiger partial charge in [-0.15, -0.1) is 0 Å². The second-order valence-corrected chi connectivity index (χ2v) is 3.62. The topological polar surface area (TPSA) is 63.1 Å². The minimum Gasteiger partial charge on any atom is -0.481 e. The van der Waals surface area contributed by atoms with Crippen molar-refractivity contribution in [1.29, 1.82) is 0 Å². The highest BCUT2D eigenvalue weighted by Crippen LogP contribution is 2.31. The molecule has 1 heterocycles. The van der Waals surface area contributed by atoms with Crippen molar-refractivity contribution in [2.45, 2.75) is 12.6 Å². The van der Waals surface area contributed by atoms with Gasteiger partial charge in [-0.25, -0.2) is 9.97 Å². The quantitative estimate of drug-likeness (QED) is 0.895. The predicted octanol–water partition coefficient (Wildman–Crippen LogP) is 2.28. The molecule has 18 heavy (non-hydrogen) atoms. The summed E-state index contributed by atoms with van der Waals surface area (Å²) < 4.78 is 37.5. The molecular formula is C11H7F3N2O2. The first kappa shape index (κ1) is 12.3. The maximum Gasteiger partial charge on any atom is 0.416 e. The number of benzene rings is 1. The lowest BCUT2D eigenvalue weighted by Crippen LogP contribution is -2.06. The van der Waals surface area contributed by atoms with Crippen LogP contribution in [0, 0.1) is 0 Å². The number of rotatable bonds is 2. The molecule has 2 aromatic rings. The first-order valence-corrected chi connectivity index (χ1v) is 4.90. The molecule has 0 atom stereocenters. The van der Waals surface area contributed by atoms with Crippen LogP contribution in [0.3, 0.4) is 0 Å². The van der Waals surface area contributed by atoms with Gasteiger partial charge in [-0.2, -0.15) is 13.2 Å². The van der Waals surface area contributed by atoms with Gasteiger partial charge >= 0.3 is 12.1 Å². The molecule has 1 aromatic carbocycles. The van der Waals surface area contributed by atoms with Crippen molar-refractivity contribution in [2.24, 2.45) is 0 Å². The minimum atomic E-state index is -4.45. The van der Waals surface area contributed by atoms with E-state index in [4.69, 9.17) is 5.11 Å². The van der Waals surface area contributed by atoms with Gasteiger partial charge in [0.25, 0.3) is 0 Å². The summed E-state index contributed by atoms with van der Waals surface area (Å²) in [4.78, 5) is 18.1. The number of fused-ring (bicyclic) bond motifs is 1. The summed E-state index contributed by atoms with van der Waals surface area (Å²) in [5, 5.41) is 8.98. The summed E-state index contributed by atoms with van der Waals surface area (Å²) in [6, 6.07) is 2.95. The van der Waals surface area contributed by atoms with E-state index in [2.05, 4.69) is 9.97 Å². The van der Waals surface area contributed by atoms with Crippen molar-refractivity contribution in [3.05, 3.63) is 35.8 Å². The third-order valence-electron chi connectivity index (χ3n) is 2.37. The third kappa shape index (κ3) is 2.39. The highest BCUT2D eigenvalue weighted by Gasteiger charge is 2.30. The zero-order valence-electron chi connectivity index (χ0n) is 8.90. The molecule has 1 N–H and O–H groups in total. The molecule has 0 aliphatic heterocycles. The Kier molecular flexibility index (Phi) is 2.90. The van der Waals surface area contributed by atoms with Crippen LogP contribution in [-0.2, 0) is 17.4 Å².